The number of nitrogens with one attached hydrogen (secondary N) is 1. The van der Waals surface area contributed by atoms with E-state index in [2.05, 4.69) is 5.32 Å². The fourth-order valence-corrected chi connectivity index (χ4v) is 1.03. The molecule has 1 N–H and O–H groups in total. The molecular weight excluding hydrogens is 190 g/mol. The molecule has 0 spiro atoms. The Morgan fingerprint density at radius 3 is 2.54 bits per heavy atom. The average Bonchev–Trinajstić information content (AvgIpc) is 2.18. The smallest absolute Gasteiger partial charge is 0.252 e. The van der Waals surface area contributed by atoms with Crippen molar-refractivity contribution in [3.8, 4) is 5.75 Å². The Morgan fingerprint density at radius 2 is 2.08 bits per heavy atom. The molecule has 4 heteroatoms. The molecule has 0 bridgehead atoms. The first-order chi connectivity index (χ1) is 6.27. The van der Waals surface area contributed by atoms with Crippen LogP contribution in [0.2, 0.25) is 0 Å². The van der Waals surface area contributed by atoms with Gasteiger partial charge in [-0.15, -0.1) is 11.6 Å². The van der Waals surface area contributed by atoms with Crippen LogP contribution in [0.25, 0.3) is 0 Å². The summed E-state index contributed by atoms with van der Waals surface area (Å²) in [6.07, 6.45) is 0. The van der Waals surface area contributed by atoms with E-state index >= 15 is 0 Å². The van der Waals surface area contributed by atoms with Crippen LogP contribution in [0, 0.1) is 0 Å². The predicted octanol–water partition coefficient (Wildman–Crippen LogP) is 1.62. The van der Waals surface area contributed by atoms with Crippen molar-refractivity contribution in [1.82, 2.24) is 5.32 Å². The average molecular weight is 200 g/mol. The van der Waals surface area contributed by atoms with E-state index in [0.717, 1.165) is 5.75 Å². The van der Waals surface area contributed by atoms with Crippen LogP contribution in [0.15, 0.2) is 24.3 Å². The Morgan fingerprint density at radius 1 is 1.46 bits per heavy atom. The van der Waals surface area contributed by atoms with Gasteiger partial charge in [0.1, 0.15) is 5.75 Å². The Hall–Kier alpha value is -1.22. The second-order valence-electron chi connectivity index (χ2n) is 2.37. The number of carbonyl (C=O) groups is 1. The Bertz CT molecular complexity index is 284. The van der Waals surface area contributed by atoms with Crippen LogP contribution < -0.4 is 10.1 Å². The molecule has 0 aliphatic heterocycles. The molecule has 70 valence electrons. The van der Waals surface area contributed by atoms with E-state index in [-0.39, 0.29) is 11.9 Å². The lowest BCUT2D eigenvalue weighted by molar-refractivity contribution is 0.0960. The molecule has 0 aliphatic carbocycles. The minimum Gasteiger partial charge on any atom is -0.497 e. The zero-order chi connectivity index (χ0) is 9.68. The molecule has 13 heavy (non-hydrogen) atoms. The molecule has 0 saturated carbocycles. The number of hydrogen-bond acceptors (Lipinski definition) is 2. The van der Waals surface area contributed by atoms with Crippen LogP contribution in [-0.2, 0) is 0 Å². The van der Waals surface area contributed by atoms with Crippen molar-refractivity contribution in [3.05, 3.63) is 29.8 Å². The lowest BCUT2D eigenvalue weighted by Crippen LogP contribution is -2.21. The second-order valence-corrected chi connectivity index (χ2v) is 2.64. The molecule has 1 aromatic carbocycles. The van der Waals surface area contributed by atoms with Gasteiger partial charge in [0, 0.05) is 5.56 Å². The van der Waals surface area contributed by atoms with Gasteiger partial charge in [-0.25, -0.2) is 0 Å². The fourth-order valence-electron chi connectivity index (χ4n) is 0.905. The van der Waals surface area contributed by atoms with Gasteiger partial charge in [0.05, 0.1) is 13.1 Å². The minimum absolute atomic E-state index is 0.116. The zero-order valence-corrected chi connectivity index (χ0v) is 7.97. The van der Waals surface area contributed by atoms with Gasteiger partial charge in [-0.1, -0.05) is 0 Å². The van der Waals surface area contributed by atoms with E-state index in [9.17, 15) is 4.79 Å². The molecule has 0 saturated heterocycles. The third-order valence-electron chi connectivity index (χ3n) is 1.58. The number of alkyl halides is 1. The third-order valence-corrected chi connectivity index (χ3v) is 1.71. The molecular formula is C9H10ClNO2. The van der Waals surface area contributed by atoms with Gasteiger partial charge in [0.2, 0.25) is 0 Å². The quantitative estimate of drug-likeness (QED) is 0.594. The van der Waals surface area contributed by atoms with Gasteiger partial charge in [-0.2, -0.15) is 0 Å². The van der Waals surface area contributed by atoms with Gasteiger partial charge >= 0.3 is 0 Å². The van der Waals surface area contributed by atoms with Crippen molar-refractivity contribution in [2.45, 2.75) is 0 Å². The maximum absolute atomic E-state index is 11.2. The number of rotatable bonds is 3. The zero-order valence-electron chi connectivity index (χ0n) is 7.21. The van der Waals surface area contributed by atoms with Crippen molar-refractivity contribution < 1.29 is 9.53 Å². The van der Waals surface area contributed by atoms with Crippen molar-refractivity contribution >= 4 is 17.5 Å². The molecule has 0 fully saturated rings. The molecule has 0 aromatic heterocycles. The minimum atomic E-state index is -0.183. The second kappa shape index (κ2) is 4.72. The number of halogens is 1. The normalized spacial score (nSPS) is 9.38. The monoisotopic (exact) mass is 199 g/mol. The van der Waals surface area contributed by atoms with E-state index in [1.165, 1.54) is 0 Å². The highest BCUT2D eigenvalue weighted by molar-refractivity contribution is 6.19. The molecule has 3 nitrogen and oxygen atoms in total. The molecule has 0 atom stereocenters. The number of benzene rings is 1. The van der Waals surface area contributed by atoms with Gasteiger partial charge in [-0.05, 0) is 24.3 Å². The number of ether oxygens (including phenoxy) is 1. The summed E-state index contributed by atoms with van der Waals surface area (Å²) in [4.78, 5) is 11.2. The number of hydrogen-bond donors (Lipinski definition) is 1. The summed E-state index contributed by atoms with van der Waals surface area (Å²) in [6, 6.07) is 6.93. The van der Waals surface area contributed by atoms with Gasteiger partial charge in [-0.3, -0.25) is 4.79 Å². The summed E-state index contributed by atoms with van der Waals surface area (Å²) in [7, 11) is 1.58. The highest BCUT2D eigenvalue weighted by Gasteiger charge is 2.02. The fraction of sp³-hybridized carbons (Fsp3) is 0.222. The molecule has 0 aliphatic rings. The van der Waals surface area contributed by atoms with E-state index in [1.54, 1.807) is 31.4 Å². The van der Waals surface area contributed by atoms with Crippen molar-refractivity contribution in [2.24, 2.45) is 0 Å². The highest BCUT2D eigenvalue weighted by atomic mass is 35.5. The van der Waals surface area contributed by atoms with E-state index in [0.29, 0.717) is 5.56 Å². The Labute approximate surface area is 81.7 Å². The number of carbonyl (C=O) groups excluding carboxylic acids is 1. The highest BCUT2D eigenvalue weighted by Crippen LogP contribution is 2.10. The van der Waals surface area contributed by atoms with Crippen LogP contribution in [0.4, 0.5) is 0 Å². The van der Waals surface area contributed by atoms with Crippen LogP contribution in [0.5, 0.6) is 5.75 Å². The van der Waals surface area contributed by atoms with Gasteiger partial charge in [0.25, 0.3) is 5.91 Å². The summed E-state index contributed by atoms with van der Waals surface area (Å²) in [5.74, 6) is 0.542. The lowest BCUT2D eigenvalue weighted by atomic mass is 10.2. The summed E-state index contributed by atoms with van der Waals surface area (Å²) < 4.78 is 4.95. The maximum atomic E-state index is 11.2. The maximum Gasteiger partial charge on any atom is 0.252 e. The first kappa shape index (κ1) is 9.86. The predicted molar refractivity (Wildman–Crippen MR) is 51.2 cm³/mol. The summed E-state index contributed by atoms with van der Waals surface area (Å²) in [5.41, 5.74) is 0.571. The van der Waals surface area contributed by atoms with Crippen LogP contribution in [0.3, 0.4) is 0 Å². The molecule has 1 rings (SSSR count). The topological polar surface area (TPSA) is 38.3 Å². The van der Waals surface area contributed by atoms with Crippen LogP contribution >= 0.6 is 11.6 Å². The lowest BCUT2D eigenvalue weighted by Gasteiger charge is -2.02. The summed E-state index contributed by atoms with van der Waals surface area (Å²) >= 11 is 5.35. The summed E-state index contributed by atoms with van der Waals surface area (Å²) in [5, 5.41) is 2.48. The van der Waals surface area contributed by atoms with Crippen LogP contribution in [0.1, 0.15) is 10.4 Å². The number of methoxy groups -OCH3 is 1. The van der Waals surface area contributed by atoms with Crippen molar-refractivity contribution in [3.63, 3.8) is 0 Å². The van der Waals surface area contributed by atoms with E-state index in [4.69, 9.17) is 16.3 Å². The van der Waals surface area contributed by atoms with Crippen molar-refractivity contribution in [2.75, 3.05) is 13.1 Å². The first-order valence-electron chi connectivity index (χ1n) is 3.76. The molecule has 1 aromatic rings. The number of amides is 1. The SMILES string of the molecule is COc1ccc(C(=O)NCCl)cc1. The largest absolute Gasteiger partial charge is 0.497 e. The molecule has 0 heterocycles. The van der Waals surface area contributed by atoms with Crippen molar-refractivity contribution in [1.29, 1.82) is 0 Å². The third kappa shape index (κ3) is 2.63. The first-order valence-corrected chi connectivity index (χ1v) is 4.29. The Kier molecular flexibility index (Phi) is 3.58. The Balaban J connectivity index is 2.74. The van der Waals surface area contributed by atoms with Gasteiger partial charge < -0.3 is 10.1 Å². The molecule has 1 amide bonds. The summed E-state index contributed by atoms with van der Waals surface area (Å²) in [6.45, 7) is 0. The molecule has 0 unspecified atom stereocenters. The van der Waals surface area contributed by atoms with Crippen LogP contribution in [-0.4, -0.2) is 19.0 Å². The molecule has 0 radical (unpaired) electrons. The van der Waals surface area contributed by atoms with E-state index in [1.807, 2.05) is 0 Å². The van der Waals surface area contributed by atoms with Gasteiger partial charge in [0.15, 0.2) is 0 Å². The standard InChI is InChI=1S/C9H10ClNO2/c1-13-8-4-2-7(3-5-8)9(12)11-6-10/h2-5H,6H2,1H3,(H,11,12). The van der Waals surface area contributed by atoms with E-state index < -0.39 is 0 Å².